The first-order valence-corrected chi connectivity index (χ1v) is 6.02. The Labute approximate surface area is 102 Å². The van der Waals surface area contributed by atoms with Crippen LogP contribution in [0.1, 0.15) is 33.1 Å². The highest BCUT2D eigenvalue weighted by molar-refractivity contribution is 5.76. The van der Waals surface area contributed by atoms with Gasteiger partial charge in [-0.05, 0) is 25.2 Å². The number of methoxy groups -OCH3 is 1. The minimum atomic E-state index is -0.790. The second-order valence-electron chi connectivity index (χ2n) is 5.00. The fraction of sp³-hybridized carbons (Fsp3) is 0.833. The Kier molecular flexibility index (Phi) is 4.93. The third-order valence-electron chi connectivity index (χ3n) is 3.20. The van der Waals surface area contributed by atoms with Crippen molar-refractivity contribution in [3.63, 3.8) is 0 Å². The van der Waals surface area contributed by atoms with Crippen LogP contribution in [0.2, 0.25) is 0 Å². The third kappa shape index (κ3) is 3.70. The molecule has 1 fully saturated rings. The lowest BCUT2D eigenvalue weighted by molar-refractivity contribution is -0.149. The van der Waals surface area contributed by atoms with Crippen molar-refractivity contribution in [1.29, 1.82) is 0 Å². The van der Waals surface area contributed by atoms with Gasteiger partial charge in [-0.1, -0.05) is 13.8 Å². The third-order valence-corrected chi connectivity index (χ3v) is 3.20. The molecule has 0 spiro atoms. The number of hydrogen-bond acceptors (Lipinski definition) is 4. The minimum Gasteiger partial charge on any atom is -0.481 e. The summed E-state index contributed by atoms with van der Waals surface area (Å²) < 4.78 is 4.73. The van der Waals surface area contributed by atoms with Crippen molar-refractivity contribution >= 4 is 11.9 Å². The molecule has 0 bridgehead atoms. The van der Waals surface area contributed by atoms with Crippen molar-refractivity contribution in [3.05, 3.63) is 0 Å². The van der Waals surface area contributed by atoms with Gasteiger partial charge in [0.05, 0.1) is 13.0 Å². The van der Waals surface area contributed by atoms with Gasteiger partial charge in [-0.2, -0.15) is 0 Å². The molecule has 1 aliphatic rings. The van der Waals surface area contributed by atoms with Gasteiger partial charge in [0.15, 0.2) is 0 Å². The molecule has 0 aromatic rings. The fourth-order valence-corrected chi connectivity index (χ4v) is 2.10. The van der Waals surface area contributed by atoms with Crippen molar-refractivity contribution in [2.24, 2.45) is 11.8 Å². The van der Waals surface area contributed by atoms with Gasteiger partial charge in [0.1, 0.15) is 6.04 Å². The summed E-state index contributed by atoms with van der Waals surface area (Å²) in [4.78, 5) is 22.4. The summed E-state index contributed by atoms with van der Waals surface area (Å²) in [5.41, 5.74) is 0. The number of esters is 1. The Morgan fingerprint density at radius 2 is 2.06 bits per heavy atom. The quantitative estimate of drug-likeness (QED) is 0.681. The Hall–Kier alpha value is -1.10. The van der Waals surface area contributed by atoms with E-state index in [2.05, 4.69) is 5.32 Å². The zero-order chi connectivity index (χ0) is 13.0. The molecular formula is C12H21NO4. The number of carbonyl (C=O) groups excluding carboxylic acids is 1. The molecule has 1 aliphatic carbocycles. The highest BCUT2D eigenvalue weighted by Gasteiger charge is 2.38. The van der Waals surface area contributed by atoms with Gasteiger partial charge in [0, 0.05) is 6.04 Å². The molecule has 98 valence electrons. The lowest BCUT2D eigenvalue weighted by Crippen LogP contribution is -2.54. The van der Waals surface area contributed by atoms with Gasteiger partial charge in [-0.15, -0.1) is 0 Å². The van der Waals surface area contributed by atoms with Crippen molar-refractivity contribution in [1.82, 2.24) is 5.32 Å². The first-order chi connectivity index (χ1) is 7.95. The van der Waals surface area contributed by atoms with Crippen LogP contribution in [-0.2, 0) is 14.3 Å². The van der Waals surface area contributed by atoms with Crippen LogP contribution in [0.4, 0.5) is 0 Å². The molecule has 0 aromatic heterocycles. The summed E-state index contributed by atoms with van der Waals surface area (Å²) in [6.45, 7) is 4.04. The maximum absolute atomic E-state index is 11.6. The van der Waals surface area contributed by atoms with E-state index < -0.39 is 12.0 Å². The standard InChI is InChI=1S/C12H21NO4/c1-7(2)6-10(12(16)17-3)13-9-5-4-8(9)11(14)15/h7-10,13H,4-6H2,1-3H3,(H,14,15). The molecule has 5 nitrogen and oxygen atoms in total. The van der Waals surface area contributed by atoms with E-state index in [1.807, 2.05) is 13.8 Å². The van der Waals surface area contributed by atoms with E-state index in [1.54, 1.807) is 0 Å². The number of carboxylic acids is 1. The molecule has 1 rings (SSSR count). The van der Waals surface area contributed by atoms with Crippen molar-refractivity contribution in [3.8, 4) is 0 Å². The highest BCUT2D eigenvalue weighted by Crippen LogP contribution is 2.28. The molecule has 0 heterocycles. The predicted octanol–water partition coefficient (Wildman–Crippen LogP) is 1.03. The number of carbonyl (C=O) groups is 2. The normalized spacial score (nSPS) is 25.2. The van der Waals surface area contributed by atoms with Crippen LogP contribution in [0.25, 0.3) is 0 Å². The van der Waals surface area contributed by atoms with E-state index in [-0.39, 0.29) is 17.9 Å². The van der Waals surface area contributed by atoms with E-state index in [1.165, 1.54) is 7.11 Å². The fourth-order valence-electron chi connectivity index (χ4n) is 2.10. The van der Waals surface area contributed by atoms with Crippen molar-refractivity contribution < 1.29 is 19.4 Å². The molecule has 0 radical (unpaired) electrons. The largest absolute Gasteiger partial charge is 0.481 e. The predicted molar refractivity (Wildman–Crippen MR) is 62.5 cm³/mol. The van der Waals surface area contributed by atoms with Crippen LogP contribution in [0.3, 0.4) is 0 Å². The van der Waals surface area contributed by atoms with Gasteiger partial charge >= 0.3 is 11.9 Å². The number of nitrogens with one attached hydrogen (secondary N) is 1. The second kappa shape index (κ2) is 6.00. The Bertz CT molecular complexity index is 290. The maximum Gasteiger partial charge on any atom is 0.322 e. The van der Waals surface area contributed by atoms with Crippen LogP contribution in [0.15, 0.2) is 0 Å². The van der Waals surface area contributed by atoms with E-state index in [0.717, 1.165) is 6.42 Å². The molecule has 2 N–H and O–H groups in total. The summed E-state index contributed by atoms with van der Waals surface area (Å²) in [6, 6.07) is -0.498. The molecule has 3 unspecified atom stereocenters. The van der Waals surface area contributed by atoms with E-state index >= 15 is 0 Å². The van der Waals surface area contributed by atoms with Gasteiger partial charge in [-0.25, -0.2) is 0 Å². The average Bonchev–Trinajstić information content (AvgIpc) is 2.19. The molecule has 1 saturated carbocycles. The topological polar surface area (TPSA) is 75.6 Å². The SMILES string of the molecule is COC(=O)C(CC(C)C)NC1CCC1C(=O)O. The Morgan fingerprint density at radius 3 is 2.41 bits per heavy atom. The number of carboxylic acid groups (broad SMARTS) is 1. The summed E-state index contributed by atoms with van der Waals surface area (Å²) in [5, 5.41) is 12.0. The van der Waals surface area contributed by atoms with Gasteiger partial charge in [-0.3, -0.25) is 9.59 Å². The lowest BCUT2D eigenvalue weighted by atomic mass is 9.79. The zero-order valence-corrected chi connectivity index (χ0v) is 10.6. The van der Waals surface area contributed by atoms with Gasteiger partial charge in [0.2, 0.25) is 0 Å². The number of hydrogen-bond donors (Lipinski definition) is 2. The van der Waals surface area contributed by atoms with Crippen LogP contribution in [0.5, 0.6) is 0 Å². The maximum atomic E-state index is 11.6. The molecule has 0 aromatic carbocycles. The lowest BCUT2D eigenvalue weighted by Gasteiger charge is -2.36. The first-order valence-electron chi connectivity index (χ1n) is 6.02. The monoisotopic (exact) mass is 243 g/mol. The van der Waals surface area contributed by atoms with E-state index in [4.69, 9.17) is 9.84 Å². The van der Waals surface area contributed by atoms with E-state index in [0.29, 0.717) is 18.8 Å². The smallest absolute Gasteiger partial charge is 0.322 e. The Balaban J connectivity index is 2.54. The van der Waals surface area contributed by atoms with Gasteiger partial charge < -0.3 is 15.2 Å². The van der Waals surface area contributed by atoms with Crippen LogP contribution >= 0.6 is 0 Å². The van der Waals surface area contributed by atoms with Crippen molar-refractivity contribution in [2.75, 3.05) is 7.11 Å². The van der Waals surface area contributed by atoms with Crippen LogP contribution in [0, 0.1) is 11.8 Å². The minimum absolute atomic E-state index is 0.102. The van der Waals surface area contributed by atoms with Crippen LogP contribution < -0.4 is 5.32 Å². The Morgan fingerprint density at radius 1 is 1.41 bits per heavy atom. The zero-order valence-electron chi connectivity index (χ0n) is 10.6. The summed E-state index contributed by atoms with van der Waals surface area (Å²) in [7, 11) is 1.35. The molecular weight excluding hydrogens is 222 g/mol. The number of ether oxygens (including phenoxy) is 1. The first kappa shape index (κ1) is 14.0. The highest BCUT2D eigenvalue weighted by atomic mass is 16.5. The average molecular weight is 243 g/mol. The molecule has 0 saturated heterocycles. The molecule has 0 amide bonds. The summed E-state index contributed by atoms with van der Waals surface area (Å²) in [5.74, 6) is -1.11. The molecule has 17 heavy (non-hydrogen) atoms. The van der Waals surface area contributed by atoms with Crippen LogP contribution in [-0.4, -0.2) is 36.2 Å². The molecule has 0 aliphatic heterocycles. The molecule has 3 atom stereocenters. The van der Waals surface area contributed by atoms with Crippen molar-refractivity contribution in [2.45, 2.75) is 45.2 Å². The number of rotatable bonds is 6. The number of aliphatic carboxylic acids is 1. The van der Waals surface area contributed by atoms with Gasteiger partial charge in [0.25, 0.3) is 0 Å². The second-order valence-corrected chi connectivity index (χ2v) is 5.00. The summed E-state index contributed by atoms with van der Waals surface area (Å²) in [6.07, 6.45) is 2.15. The molecule has 5 heteroatoms. The van der Waals surface area contributed by atoms with E-state index in [9.17, 15) is 9.59 Å². The summed E-state index contributed by atoms with van der Waals surface area (Å²) >= 11 is 0.